The van der Waals surface area contributed by atoms with Crippen molar-refractivity contribution in [1.29, 1.82) is 0 Å². The lowest BCUT2D eigenvalue weighted by Gasteiger charge is -2.33. The fraction of sp³-hybridized carbons (Fsp3) is 0.400. The van der Waals surface area contributed by atoms with E-state index in [1.165, 1.54) is 4.90 Å². The molecule has 2 N–H and O–H groups in total. The summed E-state index contributed by atoms with van der Waals surface area (Å²) >= 11 is 0. The number of carbonyl (C=O) groups is 1. The van der Waals surface area contributed by atoms with Crippen molar-refractivity contribution >= 4 is 6.09 Å². The molecule has 0 bridgehead atoms. The third-order valence-electron chi connectivity index (χ3n) is 3.25. The summed E-state index contributed by atoms with van der Waals surface area (Å²) in [6.07, 6.45) is 2.87. The SMILES string of the molecule is O=C(OCc1ccccc1)N1CCC=C[C@H]1[C@H](O)CO. The van der Waals surface area contributed by atoms with Crippen LogP contribution < -0.4 is 0 Å². The Bertz CT molecular complexity index is 460. The fourth-order valence-electron chi connectivity index (χ4n) is 2.16. The van der Waals surface area contributed by atoms with E-state index in [0.29, 0.717) is 6.54 Å². The highest BCUT2D eigenvalue weighted by Crippen LogP contribution is 2.15. The van der Waals surface area contributed by atoms with Gasteiger partial charge in [-0.1, -0.05) is 42.5 Å². The molecule has 5 heteroatoms. The van der Waals surface area contributed by atoms with Crippen LogP contribution in [0.3, 0.4) is 0 Å². The number of carbonyl (C=O) groups excluding carboxylic acids is 1. The first-order chi connectivity index (χ1) is 9.72. The molecule has 2 atom stereocenters. The third kappa shape index (κ3) is 3.59. The molecule has 1 aromatic carbocycles. The minimum Gasteiger partial charge on any atom is -0.445 e. The molecule has 1 aromatic rings. The Kier molecular flexibility index (Phi) is 5.15. The van der Waals surface area contributed by atoms with Gasteiger partial charge in [0.25, 0.3) is 0 Å². The van der Waals surface area contributed by atoms with Crippen LogP contribution in [0, 0.1) is 0 Å². The molecule has 0 saturated carbocycles. The largest absolute Gasteiger partial charge is 0.445 e. The monoisotopic (exact) mass is 277 g/mol. The fourth-order valence-corrected chi connectivity index (χ4v) is 2.16. The first kappa shape index (κ1) is 14.6. The van der Waals surface area contributed by atoms with Gasteiger partial charge >= 0.3 is 6.09 Å². The summed E-state index contributed by atoms with van der Waals surface area (Å²) in [6, 6.07) is 8.88. The second kappa shape index (κ2) is 7.07. The molecule has 5 nitrogen and oxygen atoms in total. The molecule has 0 radical (unpaired) electrons. The molecule has 1 aliphatic rings. The van der Waals surface area contributed by atoms with E-state index >= 15 is 0 Å². The summed E-state index contributed by atoms with van der Waals surface area (Å²) in [5.74, 6) is 0. The van der Waals surface area contributed by atoms with Gasteiger partial charge in [-0.25, -0.2) is 4.79 Å². The zero-order valence-corrected chi connectivity index (χ0v) is 11.2. The van der Waals surface area contributed by atoms with Gasteiger partial charge in [0, 0.05) is 6.54 Å². The number of rotatable bonds is 4. The lowest BCUT2D eigenvalue weighted by atomic mass is 10.1. The molecule has 0 aromatic heterocycles. The van der Waals surface area contributed by atoms with Gasteiger partial charge < -0.3 is 14.9 Å². The maximum absolute atomic E-state index is 12.1. The first-order valence-corrected chi connectivity index (χ1v) is 6.65. The van der Waals surface area contributed by atoms with Gasteiger partial charge in [0.1, 0.15) is 12.7 Å². The van der Waals surface area contributed by atoms with E-state index in [-0.39, 0.29) is 6.61 Å². The highest BCUT2D eigenvalue weighted by molar-refractivity contribution is 5.68. The number of benzene rings is 1. The lowest BCUT2D eigenvalue weighted by Crippen LogP contribution is -2.49. The van der Waals surface area contributed by atoms with Crippen molar-refractivity contribution in [2.45, 2.75) is 25.2 Å². The maximum Gasteiger partial charge on any atom is 0.410 e. The first-order valence-electron chi connectivity index (χ1n) is 6.65. The molecule has 1 heterocycles. The van der Waals surface area contributed by atoms with E-state index in [2.05, 4.69) is 0 Å². The van der Waals surface area contributed by atoms with Crippen LogP contribution in [0.4, 0.5) is 4.79 Å². The van der Waals surface area contributed by atoms with Crippen LogP contribution in [-0.2, 0) is 11.3 Å². The van der Waals surface area contributed by atoms with E-state index in [1.807, 2.05) is 36.4 Å². The standard InChI is InChI=1S/C15H19NO4/c17-10-14(18)13-8-4-5-9-16(13)15(19)20-11-12-6-2-1-3-7-12/h1-4,6-8,13-14,17-18H,5,9-11H2/t13-,14+/m0/s1. The molecule has 0 fully saturated rings. The number of aliphatic hydroxyl groups is 2. The van der Waals surface area contributed by atoms with Gasteiger partial charge in [0.2, 0.25) is 0 Å². The van der Waals surface area contributed by atoms with Crippen molar-refractivity contribution in [1.82, 2.24) is 4.90 Å². The van der Waals surface area contributed by atoms with E-state index in [1.54, 1.807) is 6.08 Å². The van der Waals surface area contributed by atoms with Crippen LogP contribution in [0.1, 0.15) is 12.0 Å². The molecule has 108 valence electrons. The Labute approximate surface area is 118 Å². The highest BCUT2D eigenvalue weighted by Gasteiger charge is 2.30. The number of aliphatic hydroxyl groups excluding tert-OH is 2. The predicted molar refractivity (Wildman–Crippen MR) is 74.0 cm³/mol. The summed E-state index contributed by atoms with van der Waals surface area (Å²) in [6.45, 7) is 0.283. The molecular weight excluding hydrogens is 258 g/mol. The quantitative estimate of drug-likeness (QED) is 0.814. The molecular formula is C15H19NO4. The average Bonchev–Trinajstić information content (AvgIpc) is 2.52. The molecule has 0 unspecified atom stereocenters. The molecule has 2 rings (SSSR count). The van der Waals surface area contributed by atoms with Gasteiger partial charge in [-0.15, -0.1) is 0 Å². The molecule has 1 amide bonds. The Balaban J connectivity index is 1.95. The minimum absolute atomic E-state index is 0.196. The van der Waals surface area contributed by atoms with Crippen molar-refractivity contribution in [3.8, 4) is 0 Å². The third-order valence-corrected chi connectivity index (χ3v) is 3.25. The molecule has 0 spiro atoms. The van der Waals surface area contributed by atoms with E-state index in [0.717, 1.165) is 12.0 Å². The number of ether oxygens (including phenoxy) is 1. The molecule has 0 aliphatic carbocycles. The Morgan fingerprint density at radius 2 is 2.15 bits per heavy atom. The van der Waals surface area contributed by atoms with Crippen molar-refractivity contribution in [3.05, 3.63) is 48.0 Å². The van der Waals surface area contributed by atoms with Crippen molar-refractivity contribution in [2.24, 2.45) is 0 Å². The van der Waals surface area contributed by atoms with Crippen LogP contribution in [0.5, 0.6) is 0 Å². The zero-order valence-electron chi connectivity index (χ0n) is 11.2. The number of hydrogen-bond donors (Lipinski definition) is 2. The lowest BCUT2D eigenvalue weighted by molar-refractivity contribution is 0.0186. The van der Waals surface area contributed by atoms with Crippen LogP contribution in [0.15, 0.2) is 42.5 Å². The molecule has 20 heavy (non-hydrogen) atoms. The Morgan fingerprint density at radius 1 is 1.40 bits per heavy atom. The molecule has 0 saturated heterocycles. The van der Waals surface area contributed by atoms with Crippen LogP contribution >= 0.6 is 0 Å². The van der Waals surface area contributed by atoms with Gasteiger partial charge in [0.15, 0.2) is 0 Å². The van der Waals surface area contributed by atoms with Crippen molar-refractivity contribution in [3.63, 3.8) is 0 Å². The van der Waals surface area contributed by atoms with Gasteiger partial charge in [-0.2, -0.15) is 0 Å². The normalized spacial score (nSPS) is 19.7. The number of nitrogens with zero attached hydrogens (tertiary/aromatic N) is 1. The van der Waals surface area contributed by atoms with Gasteiger partial charge in [-0.3, -0.25) is 4.90 Å². The average molecular weight is 277 g/mol. The summed E-state index contributed by atoms with van der Waals surface area (Å²) in [5.41, 5.74) is 0.910. The van der Waals surface area contributed by atoms with E-state index in [9.17, 15) is 9.90 Å². The van der Waals surface area contributed by atoms with Gasteiger partial charge in [0.05, 0.1) is 12.6 Å². The summed E-state index contributed by atoms with van der Waals surface area (Å²) in [5, 5.41) is 18.8. The highest BCUT2D eigenvalue weighted by atomic mass is 16.6. The number of amides is 1. The van der Waals surface area contributed by atoms with Crippen molar-refractivity contribution in [2.75, 3.05) is 13.2 Å². The van der Waals surface area contributed by atoms with E-state index in [4.69, 9.17) is 9.84 Å². The molecule has 1 aliphatic heterocycles. The smallest absolute Gasteiger partial charge is 0.410 e. The number of hydrogen-bond acceptors (Lipinski definition) is 4. The Hall–Kier alpha value is -1.85. The summed E-state index contributed by atoms with van der Waals surface area (Å²) in [7, 11) is 0. The second-order valence-electron chi connectivity index (χ2n) is 4.69. The Morgan fingerprint density at radius 3 is 2.85 bits per heavy atom. The predicted octanol–water partition coefficient (Wildman–Crippen LogP) is 1.31. The van der Waals surface area contributed by atoms with E-state index < -0.39 is 24.8 Å². The van der Waals surface area contributed by atoms with Crippen molar-refractivity contribution < 1.29 is 19.7 Å². The van der Waals surface area contributed by atoms with Crippen LogP contribution in [-0.4, -0.2) is 46.5 Å². The summed E-state index contributed by atoms with van der Waals surface area (Å²) in [4.78, 5) is 13.5. The van der Waals surface area contributed by atoms with Crippen LogP contribution in [0.2, 0.25) is 0 Å². The summed E-state index contributed by atoms with van der Waals surface area (Å²) < 4.78 is 5.25. The zero-order chi connectivity index (χ0) is 14.4. The van der Waals surface area contributed by atoms with Crippen LogP contribution in [0.25, 0.3) is 0 Å². The minimum atomic E-state index is -0.990. The van der Waals surface area contributed by atoms with Gasteiger partial charge in [-0.05, 0) is 12.0 Å². The maximum atomic E-state index is 12.1. The topological polar surface area (TPSA) is 70.0 Å². The second-order valence-corrected chi connectivity index (χ2v) is 4.69.